The van der Waals surface area contributed by atoms with Gasteiger partial charge in [0.1, 0.15) is 13.4 Å². The Kier molecular flexibility index (Phi) is 2.04. The third-order valence-electron chi connectivity index (χ3n) is 5.51. The van der Waals surface area contributed by atoms with Gasteiger partial charge in [0.15, 0.2) is 5.82 Å². The monoisotopic (exact) mass is 247 g/mol. The Hall–Kier alpha value is -1.19. The molecule has 4 saturated carbocycles. The molecule has 0 radical (unpaired) electrons. The number of imidazole rings is 1. The smallest absolute Gasteiger partial charge is 0.163 e. The van der Waals surface area contributed by atoms with Crippen LogP contribution in [0.25, 0.3) is 0 Å². The standard InChI is InChI=1S/C14H21N3O/c1-18-17-8-16-12(13(17)15)14-5-9-2-10(6-14)4-11(3-9)7-14/h8-11H,2-7,15H2,1H3. The van der Waals surface area contributed by atoms with Gasteiger partial charge >= 0.3 is 0 Å². The second-order valence-electron chi connectivity index (χ2n) is 6.68. The Morgan fingerprint density at radius 1 is 1.22 bits per heavy atom. The summed E-state index contributed by atoms with van der Waals surface area (Å²) in [5.41, 5.74) is 7.59. The molecule has 0 aromatic carbocycles. The molecule has 4 aliphatic rings. The number of aromatic nitrogens is 2. The average Bonchev–Trinajstić information content (AvgIpc) is 2.69. The van der Waals surface area contributed by atoms with Crippen molar-refractivity contribution in [2.75, 3.05) is 12.8 Å². The van der Waals surface area contributed by atoms with E-state index >= 15 is 0 Å². The third kappa shape index (κ3) is 1.29. The highest BCUT2D eigenvalue weighted by Crippen LogP contribution is 2.61. The molecule has 1 aromatic rings. The maximum atomic E-state index is 6.21. The van der Waals surface area contributed by atoms with Gasteiger partial charge in [-0.05, 0) is 56.3 Å². The van der Waals surface area contributed by atoms with Gasteiger partial charge in [-0.1, -0.05) is 0 Å². The van der Waals surface area contributed by atoms with E-state index in [1.54, 1.807) is 18.2 Å². The first kappa shape index (κ1) is 10.7. The molecule has 1 aromatic heterocycles. The summed E-state index contributed by atoms with van der Waals surface area (Å²) in [5.74, 6) is 3.48. The highest BCUT2D eigenvalue weighted by atomic mass is 16.6. The van der Waals surface area contributed by atoms with Gasteiger partial charge in [-0.15, -0.1) is 0 Å². The Labute approximate surface area is 107 Å². The van der Waals surface area contributed by atoms with E-state index in [-0.39, 0.29) is 5.41 Å². The number of nitrogen functional groups attached to an aromatic ring is 1. The van der Waals surface area contributed by atoms with Gasteiger partial charge in [-0.25, -0.2) is 4.98 Å². The van der Waals surface area contributed by atoms with Gasteiger partial charge in [0.2, 0.25) is 0 Å². The molecular weight excluding hydrogens is 226 g/mol. The predicted molar refractivity (Wildman–Crippen MR) is 69.0 cm³/mol. The van der Waals surface area contributed by atoms with Gasteiger partial charge < -0.3 is 10.6 Å². The van der Waals surface area contributed by atoms with E-state index in [2.05, 4.69) is 4.98 Å². The van der Waals surface area contributed by atoms with Gasteiger partial charge in [-0.3, -0.25) is 0 Å². The van der Waals surface area contributed by atoms with Crippen molar-refractivity contribution in [3.8, 4) is 0 Å². The molecule has 4 aliphatic carbocycles. The molecule has 0 unspecified atom stereocenters. The zero-order valence-electron chi connectivity index (χ0n) is 10.9. The van der Waals surface area contributed by atoms with Crippen LogP contribution in [0.5, 0.6) is 0 Å². The van der Waals surface area contributed by atoms with Crippen molar-refractivity contribution < 1.29 is 4.84 Å². The van der Waals surface area contributed by atoms with Crippen molar-refractivity contribution in [2.24, 2.45) is 17.8 Å². The Balaban J connectivity index is 1.76. The summed E-state index contributed by atoms with van der Waals surface area (Å²) >= 11 is 0. The predicted octanol–water partition coefficient (Wildman–Crippen LogP) is 1.99. The number of hydrogen-bond acceptors (Lipinski definition) is 3. The van der Waals surface area contributed by atoms with Crippen LogP contribution in [0.3, 0.4) is 0 Å². The second-order valence-corrected chi connectivity index (χ2v) is 6.68. The quantitative estimate of drug-likeness (QED) is 0.869. The summed E-state index contributed by atoms with van der Waals surface area (Å²) in [6.45, 7) is 0. The Morgan fingerprint density at radius 2 is 1.78 bits per heavy atom. The minimum Gasteiger partial charge on any atom is -0.414 e. The summed E-state index contributed by atoms with van der Waals surface area (Å²) in [6, 6.07) is 0. The molecule has 0 amide bonds. The molecule has 4 bridgehead atoms. The van der Waals surface area contributed by atoms with E-state index in [9.17, 15) is 0 Å². The van der Waals surface area contributed by atoms with Crippen LogP contribution in [-0.4, -0.2) is 16.8 Å². The minimum atomic E-state index is 0.266. The van der Waals surface area contributed by atoms with Crippen LogP contribution in [0.15, 0.2) is 6.33 Å². The van der Waals surface area contributed by atoms with Crippen LogP contribution in [0.1, 0.15) is 44.2 Å². The summed E-state index contributed by atoms with van der Waals surface area (Å²) in [4.78, 5) is 9.81. The minimum absolute atomic E-state index is 0.266. The fraction of sp³-hybridized carbons (Fsp3) is 0.786. The van der Waals surface area contributed by atoms with Crippen LogP contribution >= 0.6 is 0 Å². The summed E-state index contributed by atoms with van der Waals surface area (Å²) < 4.78 is 1.61. The van der Waals surface area contributed by atoms with Crippen molar-refractivity contribution in [3.05, 3.63) is 12.0 Å². The van der Waals surface area contributed by atoms with Gasteiger partial charge in [-0.2, -0.15) is 4.73 Å². The molecule has 18 heavy (non-hydrogen) atoms. The molecule has 2 N–H and O–H groups in total. The molecule has 98 valence electrons. The Bertz CT molecular complexity index is 444. The van der Waals surface area contributed by atoms with Crippen LogP contribution in [0.2, 0.25) is 0 Å². The first-order valence-corrected chi connectivity index (χ1v) is 7.08. The van der Waals surface area contributed by atoms with E-state index < -0.39 is 0 Å². The normalized spacial score (nSPS) is 41.3. The average molecular weight is 247 g/mol. The van der Waals surface area contributed by atoms with Crippen molar-refractivity contribution >= 4 is 5.82 Å². The SMILES string of the molecule is COn1cnc(C23CC4CC(CC(C4)C2)C3)c1N. The van der Waals surface area contributed by atoms with Crippen molar-refractivity contribution in [3.63, 3.8) is 0 Å². The van der Waals surface area contributed by atoms with Gasteiger partial charge in [0.25, 0.3) is 0 Å². The first-order chi connectivity index (χ1) is 8.70. The largest absolute Gasteiger partial charge is 0.414 e. The third-order valence-corrected chi connectivity index (χ3v) is 5.51. The van der Waals surface area contributed by atoms with E-state index in [0.717, 1.165) is 29.3 Å². The zero-order valence-corrected chi connectivity index (χ0v) is 10.9. The number of nitrogens with zero attached hydrogens (tertiary/aromatic N) is 2. The fourth-order valence-electron chi connectivity index (χ4n) is 5.30. The Morgan fingerprint density at radius 3 is 2.22 bits per heavy atom. The molecule has 5 rings (SSSR count). The molecule has 0 spiro atoms. The lowest BCUT2D eigenvalue weighted by atomic mass is 9.49. The van der Waals surface area contributed by atoms with E-state index in [4.69, 9.17) is 10.6 Å². The lowest BCUT2D eigenvalue weighted by molar-refractivity contribution is -0.00682. The number of nitrogens with two attached hydrogens (primary N) is 1. The molecule has 1 heterocycles. The summed E-state index contributed by atoms with van der Waals surface area (Å²) in [6.07, 6.45) is 9.96. The van der Waals surface area contributed by atoms with Crippen molar-refractivity contribution in [1.82, 2.24) is 9.71 Å². The van der Waals surface area contributed by atoms with Crippen molar-refractivity contribution in [2.45, 2.75) is 43.9 Å². The maximum Gasteiger partial charge on any atom is 0.163 e. The van der Waals surface area contributed by atoms with Gasteiger partial charge in [0.05, 0.1) is 5.69 Å². The number of anilines is 1. The molecule has 4 heteroatoms. The highest BCUT2D eigenvalue weighted by Gasteiger charge is 2.53. The molecule has 0 atom stereocenters. The first-order valence-electron chi connectivity index (χ1n) is 7.08. The lowest BCUT2D eigenvalue weighted by Gasteiger charge is -2.56. The number of hydrogen-bond donors (Lipinski definition) is 1. The fourth-order valence-corrected chi connectivity index (χ4v) is 5.30. The molecular formula is C14H21N3O. The second kappa shape index (κ2) is 3.43. The van der Waals surface area contributed by atoms with Crippen LogP contribution < -0.4 is 10.6 Å². The molecule has 4 nitrogen and oxygen atoms in total. The van der Waals surface area contributed by atoms with Gasteiger partial charge in [0, 0.05) is 5.41 Å². The molecule has 0 saturated heterocycles. The molecule has 0 aliphatic heterocycles. The number of rotatable bonds is 2. The molecule has 4 fully saturated rings. The lowest BCUT2D eigenvalue weighted by Crippen LogP contribution is -2.49. The van der Waals surface area contributed by atoms with Crippen molar-refractivity contribution in [1.29, 1.82) is 0 Å². The zero-order chi connectivity index (χ0) is 12.3. The van der Waals surface area contributed by atoms with E-state index in [1.807, 2.05) is 0 Å². The van der Waals surface area contributed by atoms with Crippen LogP contribution in [0, 0.1) is 17.8 Å². The summed E-state index contributed by atoms with van der Waals surface area (Å²) in [5, 5.41) is 0. The van der Waals surface area contributed by atoms with Crippen LogP contribution in [0.4, 0.5) is 5.82 Å². The van der Waals surface area contributed by atoms with E-state index in [1.165, 1.54) is 38.5 Å². The van der Waals surface area contributed by atoms with E-state index in [0.29, 0.717) is 0 Å². The highest BCUT2D eigenvalue weighted by molar-refractivity contribution is 5.42. The summed E-state index contributed by atoms with van der Waals surface area (Å²) in [7, 11) is 1.64. The van der Waals surface area contributed by atoms with Crippen LogP contribution in [-0.2, 0) is 5.41 Å². The maximum absolute atomic E-state index is 6.21. The topological polar surface area (TPSA) is 53.1 Å².